The number of nitrogens with one attached hydrogen (secondary N) is 1. The molecule has 0 fully saturated rings. The Bertz CT molecular complexity index is 810. The van der Waals surface area contributed by atoms with Gasteiger partial charge >= 0.3 is 0 Å². The van der Waals surface area contributed by atoms with Gasteiger partial charge < -0.3 is 5.73 Å². The van der Waals surface area contributed by atoms with Crippen molar-refractivity contribution in [2.45, 2.75) is 25.7 Å². The highest BCUT2D eigenvalue weighted by atomic mass is 32.2. The Morgan fingerprint density at radius 3 is 2.27 bits per heavy atom. The van der Waals surface area contributed by atoms with Gasteiger partial charge in [0.1, 0.15) is 0 Å². The molecule has 0 atom stereocenters. The molecule has 0 spiro atoms. The number of hydrogen-bond acceptors (Lipinski definition) is 4. The van der Waals surface area contributed by atoms with Crippen LogP contribution in [0.4, 0.5) is 5.69 Å². The first kappa shape index (κ1) is 16.0. The second kappa shape index (κ2) is 6.19. The number of sulfonamides is 1. The fraction of sp³-hybridized carbons (Fsp3) is 0.188. The minimum absolute atomic E-state index is 0.173. The summed E-state index contributed by atoms with van der Waals surface area (Å²) in [5.74, 6) is 0. The number of hydrogen-bond donors (Lipinski definition) is 2. The molecular weight excluding hydrogens is 298 g/mol. The van der Waals surface area contributed by atoms with Crippen LogP contribution in [-0.4, -0.2) is 14.1 Å². The summed E-state index contributed by atoms with van der Waals surface area (Å²) in [6.45, 7) is 5.54. The van der Waals surface area contributed by atoms with Crippen LogP contribution in [-0.2, 0) is 10.0 Å². The second-order valence-electron chi connectivity index (χ2n) is 5.20. The lowest BCUT2D eigenvalue weighted by atomic mass is 10.1. The van der Waals surface area contributed by atoms with Gasteiger partial charge in [0, 0.05) is 11.3 Å². The minimum atomic E-state index is -3.68. The first-order valence-corrected chi connectivity index (χ1v) is 8.27. The molecule has 0 amide bonds. The van der Waals surface area contributed by atoms with E-state index >= 15 is 0 Å². The van der Waals surface area contributed by atoms with E-state index in [0.717, 1.165) is 11.1 Å². The van der Waals surface area contributed by atoms with E-state index in [1.807, 2.05) is 26.0 Å². The summed E-state index contributed by atoms with van der Waals surface area (Å²) in [5, 5.41) is 3.97. The van der Waals surface area contributed by atoms with Gasteiger partial charge in [-0.2, -0.15) is 18.4 Å². The summed E-state index contributed by atoms with van der Waals surface area (Å²) in [6, 6.07) is 12.1. The average Bonchev–Trinajstić information content (AvgIpc) is 2.48. The quantitative estimate of drug-likeness (QED) is 0.516. The molecule has 0 aliphatic carbocycles. The van der Waals surface area contributed by atoms with Gasteiger partial charge in [-0.25, -0.2) is 0 Å². The summed E-state index contributed by atoms with van der Waals surface area (Å²) >= 11 is 0. The van der Waals surface area contributed by atoms with Crippen LogP contribution in [0.5, 0.6) is 0 Å². The third-order valence-electron chi connectivity index (χ3n) is 3.26. The highest BCUT2D eigenvalue weighted by Gasteiger charge is 2.13. The van der Waals surface area contributed by atoms with Crippen LogP contribution < -0.4 is 10.6 Å². The zero-order chi connectivity index (χ0) is 16.3. The lowest BCUT2D eigenvalue weighted by molar-refractivity contribution is 0.584. The molecule has 2 aromatic carbocycles. The summed E-state index contributed by atoms with van der Waals surface area (Å²) < 4.78 is 24.4. The van der Waals surface area contributed by atoms with Gasteiger partial charge in [-0.05, 0) is 45.0 Å². The largest absolute Gasteiger partial charge is 0.398 e. The molecule has 6 heteroatoms. The number of nitrogens with zero attached hydrogens (tertiary/aromatic N) is 1. The van der Waals surface area contributed by atoms with E-state index in [4.69, 9.17) is 5.73 Å². The third-order valence-corrected chi connectivity index (χ3v) is 4.49. The molecule has 5 nitrogen and oxygen atoms in total. The Morgan fingerprint density at radius 1 is 1.05 bits per heavy atom. The van der Waals surface area contributed by atoms with E-state index in [1.54, 1.807) is 37.3 Å². The van der Waals surface area contributed by atoms with E-state index < -0.39 is 10.0 Å². The fourth-order valence-electron chi connectivity index (χ4n) is 1.94. The first-order valence-electron chi connectivity index (χ1n) is 6.79. The van der Waals surface area contributed by atoms with Crippen molar-refractivity contribution >= 4 is 21.4 Å². The van der Waals surface area contributed by atoms with Gasteiger partial charge in [0.2, 0.25) is 0 Å². The number of rotatable bonds is 4. The molecule has 0 bridgehead atoms. The maximum Gasteiger partial charge on any atom is 0.276 e. The van der Waals surface area contributed by atoms with Crippen molar-refractivity contribution in [1.82, 2.24) is 4.83 Å². The zero-order valence-electron chi connectivity index (χ0n) is 12.8. The van der Waals surface area contributed by atoms with Crippen LogP contribution >= 0.6 is 0 Å². The van der Waals surface area contributed by atoms with Crippen LogP contribution in [0.15, 0.2) is 52.5 Å². The third kappa shape index (κ3) is 3.65. The minimum Gasteiger partial charge on any atom is -0.398 e. The van der Waals surface area contributed by atoms with Gasteiger partial charge in [-0.1, -0.05) is 29.3 Å². The lowest BCUT2D eigenvalue weighted by Gasteiger charge is -2.08. The average molecular weight is 317 g/mol. The Morgan fingerprint density at radius 2 is 1.64 bits per heavy atom. The van der Waals surface area contributed by atoms with E-state index in [2.05, 4.69) is 9.93 Å². The predicted octanol–water partition coefficient (Wildman–Crippen LogP) is 2.59. The SMILES string of the molecule is C/C(=N\NS(=O)(=O)c1ccc(C)cc1)c1cc(C)ccc1N. The van der Waals surface area contributed by atoms with Gasteiger partial charge in [-0.15, -0.1) is 0 Å². The molecule has 116 valence electrons. The number of nitrogen functional groups attached to an aromatic ring is 1. The van der Waals surface area contributed by atoms with E-state index in [0.29, 0.717) is 17.0 Å². The molecule has 0 saturated carbocycles. The molecule has 0 saturated heterocycles. The van der Waals surface area contributed by atoms with Crippen molar-refractivity contribution in [2.24, 2.45) is 5.10 Å². The Labute approximate surface area is 130 Å². The van der Waals surface area contributed by atoms with Crippen molar-refractivity contribution in [1.29, 1.82) is 0 Å². The highest BCUT2D eigenvalue weighted by Crippen LogP contribution is 2.15. The molecule has 0 aromatic heterocycles. The van der Waals surface area contributed by atoms with E-state index in [9.17, 15) is 8.42 Å². The molecule has 0 aliphatic heterocycles. The van der Waals surface area contributed by atoms with Crippen LogP contribution in [0.25, 0.3) is 0 Å². The number of nitrogens with two attached hydrogens (primary N) is 1. The summed E-state index contributed by atoms with van der Waals surface area (Å²) in [7, 11) is -3.68. The van der Waals surface area contributed by atoms with Gasteiger partial charge in [0.15, 0.2) is 0 Å². The predicted molar refractivity (Wildman–Crippen MR) is 89.3 cm³/mol. The van der Waals surface area contributed by atoms with Crippen LogP contribution in [0.2, 0.25) is 0 Å². The molecule has 3 N–H and O–H groups in total. The molecular formula is C16H19N3O2S. The molecule has 2 aromatic rings. The normalized spacial score (nSPS) is 12.2. The number of hydrazone groups is 1. The Kier molecular flexibility index (Phi) is 4.51. The summed E-state index contributed by atoms with van der Waals surface area (Å²) in [4.78, 5) is 2.42. The van der Waals surface area contributed by atoms with Gasteiger partial charge in [0.05, 0.1) is 10.6 Å². The van der Waals surface area contributed by atoms with Crippen molar-refractivity contribution in [3.63, 3.8) is 0 Å². The standard InChI is InChI=1S/C16H19N3O2S/c1-11-4-7-14(8-5-11)22(20,21)19-18-13(3)15-10-12(2)6-9-16(15)17/h4-10,19H,17H2,1-3H3/b18-13+. The first-order chi connectivity index (χ1) is 10.3. The van der Waals surface area contributed by atoms with Crippen molar-refractivity contribution in [2.75, 3.05) is 5.73 Å². The molecule has 0 heterocycles. The molecule has 22 heavy (non-hydrogen) atoms. The monoisotopic (exact) mass is 317 g/mol. The Hall–Kier alpha value is -2.34. The highest BCUT2D eigenvalue weighted by molar-refractivity contribution is 7.89. The van der Waals surface area contributed by atoms with Crippen LogP contribution in [0.1, 0.15) is 23.6 Å². The molecule has 0 radical (unpaired) electrons. The maximum atomic E-state index is 12.2. The lowest BCUT2D eigenvalue weighted by Crippen LogP contribution is -2.20. The van der Waals surface area contributed by atoms with Crippen LogP contribution in [0, 0.1) is 13.8 Å². The van der Waals surface area contributed by atoms with Crippen molar-refractivity contribution in [3.05, 3.63) is 59.2 Å². The Balaban J connectivity index is 2.26. The maximum absolute atomic E-state index is 12.2. The molecule has 2 rings (SSSR count). The summed E-state index contributed by atoms with van der Waals surface area (Å²) in [5.41, 5.74) is 9.70. The number of benzene rings is 2. The van der Waals surface area contributed by atoms with Gasteiger partial charge in [0.25, 0.3) is 10.0 Å². The zero-order valence-corrected chi connectivity index (χ0v) is 13.6. The van der Waals surface area contributed by atoms with E-state index in [-0.39, 0.29) is 4.90 Å². The molecule has 0 unspecified atom stereocenters. The van der Waals surface area contributed by atoms with Crippen molar-refractivity contribution in [3.8, 4) is 0 Å². The van der Waals surface area contributed by atoms with Crippen LogP contribution in [0.3, 0.4) is 0 Å². The number of aryl methyl sites for hydroxylation is 2. The van der Waals surface area contributed by atoms with Crippen molar-refractivity contribution < 1.29 is 8.42 Å². The second-order valence-corrected chi connectivity index (χ2v) is 6.86. The summed E-state index contributed by atoms with van der Waals surface area (Å²) in [6.07, 6.45) is 0. The fourth-order valence-corrected chi connectivity index (χ4v) is 2.80. The van der Waals surface area contributed by atoms with Gasteiger partial charge in [-0.3, -0.25) is 0 Å². The van der Waals surface area contributed by atoms with E-state index in [1.165, 1.54) is 0 Å². The topological polar surface area (TPSA) is 84.5 Å². The number of anilines is 1. The smallest absolute Gasteiger partial charge is 0.276 e. The molecule has 0 aliphatic rings.